The molecule has 4 saturated carbocycles. The zero-order valence-electron chi connectivity index (χ0n) is 15.2. The zero-order chi connectivity index (χ0) is 16.4. The third-order valence-corrected chi connectivity index (χ3v) is 9.00. The average molecular weight is 319 g/mol. The number of carbonyl (C=O) groups excluding carboxylic acids is 1. The minimum absolute atomic E-state index is 0.0598. The van der Waals surface area contributed by atoms with Crippen molar-refractivity contribution < 1.29 is 9.90 Å². The van der Waals surface area contributed by atoms with E-state index < -0.39 is 0 Å². The fourth-order valence-corrected chi connectivity index (χ4v) is 8.09. The van der Waals surface area contributed by atoms with Crippen LogP contribution in [0.2, 0.25) is 0 Å². The molecule has 0 amide bonds. The largest absolute Gasteiger partial charge is 0.393 e. The molecule has 0 bridgehead atoms. The lowest BCUT2D eigenvalue weighted by Gasteiger charge is -2.62. The summed E-state index contributed by atoms with van der Waals surface area (Å²) in [5, 5.41) is 11.2. The van der Waals surface area contributed by atoms with Gasteiger partial charge in [-0.3, -0.25) is 4.79 Å². The van der Waals surface area contributed by atoms with Crippen LogP contribution in [0.25, 0.3) is 0 Å². The predicted molar refractivity (Wildman–Crippen MR) is 91.9 cm³/mol. The first-order chi connectivity index (χ1) is 10.9. The van der Waals surface area contributed by atoms with Crippen LogP contribution in [0.4, 0.5) is 0 Å². The van der Waals surface area contributed by atoms with E-state index in [1.165, 1.54) is 44.9 Å². The average Bonchev–Trinajstić information content (AvgIpc) is 2.82. The standard InChI is InChI=1S/C21H34O2/c1-13(22)16-9-10-17-15-8-7-14-6-4-5-11-20(14,2)19(15)18(23)12-21(16,17)3/h14-19,23H,4-12H2,1-3H3/t14-,15?,16?,17?,18-,19?,20?,21?/m1/s1. The van der Waals surface area contributed by atoms with E-state index in [0.29, 0.717) is 29.0 Å². The highest BCUT2D eigenvalue weighted by atomic mass is 16.3. The van der Waals surface area contributed by atoms with Crippen molar-refractivity contribution in [2.75, 3.05) is 0 Å². The summed E-state index contributed by atoms with van der Waals surface area (Å²) in [6.45, 7) is 6.60. The number of ketones is 1. The maximum atomic E-state index is 12.2. The molecular weight excluding hydrogens is 284 g/mol. The lowest BCUT2D eigenvalue weighted by Crippen LogP contribution is -2.58. The highest BCUT2D eigenvalue weighted by Crippen LogP contribution is 2.67. The zero-order valence-corrected chi connectivity index (χ0v) is 15.2. The van der Waals surface area contributed by atoms with Gasteiger partial charge >= 0.3 is 0 Å². The molecule has 8 atom stereocenters. The maximum absolute atomic E-state index is 12.2. The molecule has 2 nitrogen and oxygen atoms in total. The Kier molecular flexibility index (Phi) is 3.72. The molecule has 0 aromatic rings. The molecule has 0 aromatic heterocycles. The van der Waals surface area contributed by atoms with Gasteiger partial charge in [-0.25, -0.2) is 0 Å². The van der Waals surface area contributed by atoms with Crippen LogP contribution >= 0.6 is 0 Å². The second-order valence-corrected chi connectivity index (χ2v) is 9.84. The van der Waals surface area contributed by atoms with Crippen molar-refractivity contribution in [3.05, 3.63) is 0 Å². The van der Waals surface area contributed by atoms with E-state index in [9.17, 15) is 9.90 Å². The molecule has 0 heterocycles. The van der Waals surface area contributed by atoms with Gasteiger partial charge in [0.25, 0.3) is 0 Å². The Labute approximate surface area is 141 Å². The van der Waals surface area contributed by atoms with Gasteiger partial charge in [-0.15, -0.1) is 0 Å². The second-order valence-electron chi connectivity index (χ2n) is 9.84. The first-order valence-electron chi connectivity index (χ1n) is 10.1. The molecule has 130 valence electrons. The van der Waals surface area contributed by atoms with Crippen LogP contribution in [-0.4, -0.2) is 17.0 Å². The highest BCUT2D eigenvalue weighted by Gasteiger charge is 2.63. The molecule has 4 aliphatic rings. The number of fused-ring (bicyclic) bond motifs is 5. The van der Waals surface area contributed by atoms with Crippen molar-refractivity contribution >= 4 is 5.78 Å². The molecule has 0 radical (unpaired) electrons. The van der Waals surface area contributed by atoms with Crippen LogP contribution in [0.3, 0.4) is 0 Å². The number of hydrogen-bond acceptors (Lipinski definition) is 2. The Morgan fingerprint density at radius 1 is 1.00 bits per heavy atom. The predicted octanol–water partition coefficient (Wildman–Crippen LogP) is 4.60. The van der Waals surface area contributed by atoms with E-state index in [1.807, 2.05) is 0 Å². The lowest BCUT2D eigenvalue weighted by molar-refractivity contribution is -0.170. The van der Waals surface area contributed by atoms with Crippen molar-refractivity contribution in [2.45, 2.75) is 84.7 Å². The number of Topliss-reactive ketones (excluding diaryl/α,β-unsaturated/α-hetero) is 1. The van der Waals surface area contributed by atoms with E-state index in [0.717, 1.165) is 18.8 Å². The summed E-state index contributed by atoms with van der Waals surface area (Å²) >= 11 is 0. The first kappa shape index (κ1) is 16.1. The SMILES string of the molecule is CC(=O)C1CCC2C3CC[C@H]4CCCCC4(C)C3[C@H](O)CC12C. The van der Waals surface area contributed by atoms with Crippen molar-refractivity contribution in [3.8, 4) is 0 Å². The minimum atomic E-state index is -0.188. The molecule has 6 unspecified atom stereocenters. The van der Waals surface area contributed by atoms with Crippen molar-refractivity contribution in [3.63, 3.8) is 0 Å². The summed E-state index contributed by atoms with van der Waals surface area (Å²) in [6, 6.07) is 0. The summed E-state index contributed by atoms with van der Waals surface area (Å²) in [6.07, 6.45) is 11.1. The third kappa shape index (κ3) is 2.12. The summed E-state index contributed by atoms with van der Waals surface area (Å²) in [5.41, 5.74) is 0.417. The third-order valence-electron chi connectivity index (χ3n) is 9.00. The van der Waals surface area contributed by atoms with E-state index >= 15 is 0 Å². The van der Waals surface area contributed by atoms with E-state index in [-0.39, 0.29) is 17.4 Å². The van der Waals surface area contributed by atoms with Crippen LogP contribution in [-0.2, 0) is 4.79 Å². The Morgan fingerprint density at radius 3 is 2.52 bits per heavy atom. The van der Waals surface area contributed by atoms with Crippen LogP contribution in [0.1, 0.15) is 78.6 Å². The maximum Gasteiger partial charge on any atom is 0.133 e. The van der Waals surface area contributed by atoms with Gasteiger partial charge in [0.15, 0.2) is 0 Å². The Balaban J connectivity index is 1.69. The van der Waals surface area contributed by atoms with Gasteiger partial charge in [0.2, 0.25) is 0 Å². The molecule has 0 saturated heterocycles. The smallest absolute Gasteiger partial charge is 0.133 e. The van der Waals surface area contributed by atoms with Crippen molar-refractivity contribution in [2.24, 2.45) is 40.4 Å². The van der Waals surface area contributed by atoms with E-state index in [2.05, 4.69) is 13.8 Å². The van der Waals surface area contributed by atoms with Crippen LogP contribution in [0.15, 0.2) is 0 Å². The van der Waals surface area contributed by atoms with E-state index in [4.69, 9.17) is 0 Å². The highest BCUT2D eigenvalue weighted by molar-refractivity contribution is 5.79. The number of carbonyl (C=O) groups is 1. The molecule has 4 rings (SSSR count). The van der Waals surface area contributed by atoms with E-state index in [1.54, 1.807) is 6.92 Å². The Bertz CT molecular complexity index is 500. The fraction of sp³-hybridized carbons (Fsp3) is 0.952. The summed E-state index contributed by atoms with van der Waals surface area (Å²) in [5.74, 6) is 3.21. The van der Waals surface area contributed by atoms with Gasteiger partial charge in [0.1, 0.15) is 5.78 Å². The molecule has 4 fully saturated rings. The second kappa shape index (κ2) is 5.31. The summed E-state index contributed by atoms with van der Waals surface area (Å²) < 4.78 is 0. The Hall–Kier alpha value is -0.370. The molecular formula is C21H34O2. The monoisotopic (exact) mass is 318 g/mol. The number of rotatable bonds is 1. The van der Waals surface area contributed by atoms with Gasteiger partial charge in [-0.2, -0.15) is 0 Å². The van der Waals surface area contributed by atoms with Crippen molar-refractivity contribution in [1.82, 2.24) is 0 Å². The molecule has 23 heavy (non-hydrogen) atoms. The molecule has 2 heteroatoms. The van der Waals surface area contributed by atoms with Crippen LogP contribution in [0.5, 0.6) is 0 Å². The minimum Gasteiger partial charge on any atom is -0.393 e. The topological polar surface area (TPSA) is 37.3 Å². The summed E-state index contributed by atoms with van der Waals surface area (Å²) in [4.78, 5) is 12.2. The van der Waals surface area contributed by atoms with Crippen LogP contribution < -0.4 is 0 Å². The van der Waals surface area contributed by atoms with Gasteiger partial charge in [0.05, 0.1) is 6.10 Å². The van der Waals surface area contributed by atoms with Gasteiger partial charge in [0, 0.05) is 5.92 Å². The molecule has 0 spiro atoms. The van der Waals surface area contributed by atoms with Gasteiger partial charge in [-0.05, 0) is 86.4 Å². The van der Waals surface area contributed by atoms with Crippen LogP contribution in [0, 0.1) is 40.4 Å². The summed E-state index contributed by atoms with van der Waals surface area (Å²) in [7, 11) is 0. The molecule has 0 aliphatic heterocycles. The van der Waals surface area contributed by atoms with Gasteiger partial charge in [-0.1, -0.05) is 26.7 Å². The van der Waals surface area contributed by atoms with Crippen molar-refractivity contribution in [1.29, 1.82) is 0 Å². The molecule has 0 aromatic carbocycles. The number of aliphatic hydroxyl groups is 1. The lowest BCUT2D eigenvalue weighted by atomic mass is 9.44. The van der Waals surface area contributed by atoms with Gasteiger partial charge < -0.3 is 5.11 Å². The quantitative estimate of drug-likeness (QED) is 0.767. The number of aliphatic hydroxyl groups excluding tert-OH is 1. The molecule has 1 N–H and O–H groups in total. The fourth-order valence-electron chi connectivity index (χ4n) is 8.09. The number of hydrogen-bond donors (Lipinski definition) is 1. The normalized spacial score (nSPS) is 55.7. The first-order valence-corrected chi connectivity index (χ1v) is 10.1. The molecule has 4 aliphatic carbocycles. The Morgan fingerprint density at radius 2 is 1.78 bits per heavy atom.